The van der Waals surface area contributed by atoms with Gasteiger partial charge in [-0.05, 0) is 25.3 Å². The Hall–Kier alpha value is -2.12. The summed E-state index contributed by atoms with van der Waals surface area (Å²) in [5.74, 6) is -1.21. The van der Waals surface area contributed by atoms with Crippen LogP contribution in [0.1, 0.15) is 18.9 Å². The molecule has 1 rings (SSSR count). The number of aryl methyl sites for hydroxylation is 1. The van der Waals surface area contributed by atoms with Crippen LogP contribution in [0.4, 0.5) is 9.59 Å². The van der Waals surface area contributed by atoms with Crippen LogP contribution in [0.15, 0.2) is 30.3 Å². The number of hydrogen-bond acceptors (Lipinski definition) is 5. The number of ether oxygens (including phenoxy) is 1. The summed E-state index contributed by atoms with van der Waals surface area (Å²) in [4.78, 5) is 34.0. The molecule has 7 nitrogen and oxygen atoms in total. The SMILES string of the molecule is CCOC(=O)N(C(=O)O)C(=O)C(O)CCc1ccccc1.Cl. The molecule has 0 saturated heterocycles. The van der Waals surface area contributed by atoms with Crippen LogP contribution in [0.5, 0.6) is 0 Å². The number of aliphatic hydroxyl groups excluding tert-OH is 1. The largest absolute Gasteiger partial charge is 0.464 e. The molecule has 1 atom stereocenters. The lowest BCUT2D eigenvalue weighted by Crippen LogP contribution is -2.46. The first kappa shape index (κ1) is 19.9. The maximum absolute atomic E-state index is 11.8. The fourth-order valence-electron chi connectivity index (χ4n) is 1.67. The molecule has 0 spiro atoms. The van der Waals surface area contributed by atoms with Gasteiger partial charge in [0.25, 0.3) is 5.91 Å². The summed E-state index contributed by atoms with van der Waals surface area (Å²) < 4.78 is 4.47. The number of carbonyl (C=O) groups excluding carboxylic acids is 2. The van der Waals surface area contributed by atoms with Crippen LogP contribution in [-0.4, -0.2) is 45.9 Å². The van der Waals surface area contributed by atoms with Crippen LogP contribution in [0, 0.1) is 0 Å². The molecular weight excluding hydrogens is 314 g/mol. The third-order valence-electron chi connectivity index (χ3n) is 2.70. The third kappa shape index (κ3) is 5.71. The van der Waals surface area contributed by atoms with Gasteiger partial charge in [0.05, 0.1) is 6.61 Å². The summed E-state index contributed by atoms with van der Waals surface area (Å²) >= 11 is 0. The molecule has 122 valence electrons. The van der Waals surface area contributed by atoms with E-state index in [0.29, 0.717) is 6.42 Å². The van der Waals surface area contributed by atoms with Crippen LogP contribution < -0.4 is 0 Å². The maximum atomic E-state index is 11.8. The Labute approximate surface area is 133 Å². The summed E-state index contributed by atoms with van der Waals surface area (Å²) in [5, 5.41) is 18.6. The Morgan fingerprint density at radius 1 is 1.23 bits per heavy atom. The van der Waals surface area contributed by atoms with Crippen molar-refractivity contribution >= 4 is 30.5 Å². The van der Waals surface area contributed by atoms with Gasteiger partial charge in [-0.1, -0.05) is 30.3 Å². The quantitative estimate of drug-likeness (QED) is 0.855. The first-order valence-electron chi connectivity index (χ1n) is 6.43. The molecule has 0 aliphatic carbocycles. The van der Waals surface area contributed by atoms with E-state index in [4.69, 9.17) is 5.11 Å². The Morgan fingerprint density at radius 2 is 1.82 bits per heavy atom. The number of benzene rings is 1. The zero-order chi connectivity index (χ0) is 15.8. The molecule has 0 heterocycles. The summed E-state index contributed by atoms with van der Waals surface area (Å²) in [5.41, 5.74) is 0.891. The van der Waals surface area contributed by atoms with Crippen LogP contribution in [0.2, 0.25) is 0 Å². The molecule has 0 aromatic heterocycles. The van der Waals surface area contributed by atoms with Crippen LogP contribution in [0.3, 0.4) is 0 Å². The van der Waals surface area contributed by atoms with Gasteiger partial charge in [-0.3, -0.25) is 4.79 Å². The highest BCUT2D eigenvalue weighted by Gasteiger charge is 2.34. The normalized spacial score (nSPS) is 11.0. The van der Waals surface area contributed by atoms with Crippen molar-refractivity contribution in [3.63, 3.8) is 0 Å². The van der Waals surface area contributed by atoms with E-state index in [1.165, 1.54) is 6.92 Å². The highest BCUT2D eigenvalue weighted by molar-refractivity contribution is 6.07. The van der Waals surface area contributed by atoms with E-state index in [9.17, 15) is 19.5 Å². The van der Waals surface area contributed by atoms with Gasteiger partial charge in [-0.2, -0.15) is 0 Å². The lowest BCUT2D eigenvalue weighted by atomic mass is 10.1. The van der Waals surface area contributed by atoms with Crippen molar-refractivity contribution in [2.45, 2.75) is 25.9 Å². The molecule has 8 heteroatoms. The fraction of sp³-hybridized carbons (Fsp3) is 0.357. The molecule has 0 bridgehead atoms. The van der Waals surface area contributed by atoms with E-state index in [2.05, 4.69) is 4.74 Å². The highest BCUT2D eigenvalue weighted by Crippen LogP contribution is 2.08. The molecule has 1 aromatic carbocycles. The third-order valence-corrected chi connectivity index (χ3v) is 2.70. The summed E-state index contributed by atoms with van der Waals surface area (Å²) in [7, 11) is 0. The lowest BCUT2D eigenvalue weighted by Gasteiger charge is -2.18. The molecule has 1 aromatic rings. The van der Waals surface area contributed by atoms with Crippen LogP contribution in [0.25, 0.3) is 0 Å². The average Bonchev–Trinajstić information content (AvgIpc) is 2.45. The minimum atomic E-state index is -1.78. The van der Waals surface area contributed by atoms with Gasteiger partial charge in [-0.15, -0.1) is 17.3 Å². The van der Waals surface area contributed by atoms with Gasteiger partial charge in [0.15, 0.2) is 0 Å². The molecule has 0 saturated carbocycles. The van der Waals surface area contributed by atoms with Crippen molar-refractivity contribution in [3.8, 4) is 0 Å². The highest BCUT2D eigenvalue weighted by atomic mass is 35.5. The van der Waals surface area contributed by atoms with E-state index in [0.717, 1.165) is 5.56 Å². The van der Waals surface area contributed by atoms with Crippen molar-refractivity contribution in [3.05, 3.63) is 35.9 Å². The fourth-order valence-corrected chi connectivity index (χ4v) is 1.67. The summed E-state index contributed by atoms with van der Waals surface area (Å²) in [6, 6.07) is 9.09. The van der Waals surface area contributed by atoms with E-state index in [1.807, 2.05) is 30.3 Å². The number of halogens is 1. The van der Waals surface area contributed by atoms with Crippen molar-refractivity contribution in [1.82, 2.24) is 4.90 Å². The number of hydrogen-bond donors (Lipinski definition) is 2. The lowest BCUT2D eigenvalue weighted by molar-refractivity contribution is -0.136. The standard InChI is InChI=1S/C14H17NO6.ClH/c1-2-21-14(20)15(13(18)19)12(17)11(16)9-8-10-6-4-3-5-7-10;/h3-7,11,16H,2,8-9H2,1H3,(H,18,19);1H. The minimum Gasteiger partial charge on any atom is -0.464 e. The van der Waals surface area contributed by atoms with Gasteiger partial charge >= 0.3 is 12.2 Å². The monoisotopic (exact) mass is 331 g/mol. The first-order chi connectivity index (χ1) is 9.97. The van der Waals surface area contributed by atoms with Gasteiger partial charge in [0.1, 0.15) is 6.10 Å². The summed E-state index contributed by atoms with van der Waals surface area (Å²) in [6.45, 7) is 1.41. The maximum Gasteiger partial charge on any atom is 0.426 e. The second-order valence-corrected chi connectivity index (χ2v) is 4.20. The molecule has 1 unspecified atom stereocenters. The molecule has 0 radical (unpaired) electrons. The van der Waals surface area contributed by atoms with Crippen LogP contribution >= 0.6 is 12.4 Å². The van der Waals surface area contributed by atoms with E-state index < -0.39 is 24.2 Å². The van der Waals surface area contributed by atoms with Gasteiger partial charge in [0, 0.05) is 0 Å². The number of carboxylic acid groups (broad SMARTS) is 1. The van der Waals surface area contributed by atoms with Crippen molar-refractivity contribution in [2.24, 2.45) is 0 Å². The predicted molar refractivity (Wildman–Crippen MR) is 79.9 cm³/mol. The number of carbonyl (C=O) groups is 3. The van der Waals surface area contributed by atoms with Gasteiger partial charge in [-0.25, -0.2) is 9.59 Å². The van der Waals surface area contributed by atoms with Crippen molar-refractivity contribution in [1.29, 1.82) is 0 Å². The summed E-state index contributed by atoms with van der Waals surface area (Å²) in [6.07, 6.45) is -4.30. The second kappa shape index (κ2) is 9.75. The zero-order valence-electron chi connectivity index (χ0n) is 12.0. The van der Waals surface area contributed by atoms with Crippen molar-refractivity contribution in [2.75, 3.05) is 6.61 Å². The molecule has 0 fully saturated rings. The van der Waals surface area contributed by atoms with Crippen LogP contribution in [-0.2, 0) is 16.0 Å². The van der Waals surface area contributed by atoms with E-state index in [-0.39, 0.29) is 30.3 Å². The molecule has 2 N–H and O–H groups in total. The topological polar surface area (TPSA) is 104 Å². The van der Waals surface area contributed by atoms with E-state index in [1.54, 1.807) is 0 Å². The van der Waals surface area contributed by atoms with Crippen molar-refractivity contribution < 1.29 is 29.3 Å². The molecular formula is C14H18ClNO6. The minimum absolute atomic E-state index is 0. The molecule has 3 amide bonds. The number of amides is 3. The number of imide groups is 3. The zero-order valence-corrected chi connectivity index (χ0v) is 12.8. The average molecular weight is 332 g/mol. The Kier molecular flexibility index (Phi) is 8.81. The smallest absolute Gasteiger partial charge is 0.426 e. The second-order valence-electron chi connectivity index (χ2n) is 4.20. The number of nitrogens with zero attached hydrogens (tertiary/aromatic N) is 1. The number of aliphatic hydroxyl groups is 1. The van der Waals surface area contributed by atoms with Gasteiger partial charge in [0.2, 0.25) is 0 Å². The Balaban J connectivity index is 0.00000441. The predicted octanol–water partition coefficient (Wildman–Crippen LogP) is 2.06. The van der Waals surface area contributed by atoms with Gasteiger partial charge < -0.3 is 14.9 Å². The Bertz CT molecular complexity index is 507. The Morgan fingerprint density at radius 3 is 2.32 bits per heavy atom. The molecule has 0 aliphatic rings. The molecule has 0 aliphatic heterocycles. The number of rotatable bonds is 5. The van der Waals surface area contributed by atoms with E-state index >= 15 is 0 Å². The first-order valence-corrected chi connectivity index (χ1v) is 6.43. The molecule has 22 heavy (non-hydrogen) atoms.